The summed E-state index contributed by atoms with van der Waals surface area (Å²) >= 11 is 0. The number of benzene rings is 3. The molecule has 11 heteroatoms. The minimum absolute atomic E-state index is 0.0558. The summed E-state index contributed by atoms with van der Waals surface area (Å²) < 4.78 is 37.6. The zero-order chi connectivity index (χ0) is 33.3. The van der Waals surface area contributed by atoms with Gasteiger partial charge in [0.05, 0.1) is 24.5 Å². The summed E-state index contributed by atoms with van der Waals surface area (Å²) in [5.41, 5.74) is 1.37. The Morgan fingerprint density at radius 2 is 1.57 bits per heavy atom. The summed E-state index contributed by atoms with van der Waals surface area (Å²) in [5, 5.41) is 10.4. The molecule has 0 heterocycles. The van der Waals surface area contributed by atoms with Crippen molar-refractivity contribution in [3.8, 4) is 16.9 Å². The van der Waals surface area contributed by atoms with Crippen LogP contribution in [0.2, 0.25) is 0 Å². The first-order valence-electron chi connectivity index (χ1n) is 15.6. The van der Waals surface area contributed by atoms with Crippen molar-refractivity contribution in [2.24, 2.45) is 0 Å². The highest BCUT2D eigenvalue weighted by atomic mass is 32.2. The molecule has 0 radical (unpaired) electrons. The van der Waals surface area contributed by atoms with Crippen LogP contribution in [0.25, 0.3) is 11.1 Å². The van der Waals surface area contributed by atoms with Gasteiger partial charge in [0.1, 0.15) is 25.1 Å². The first kappa shape index (κ1) is 34.9. The van der Waals surface area contributed by atoms with E-state index in [9.17, 15) is 23.1 Å². The highest BCUT2D eigenvalue weighted by Crippen LogP contribution is 2.31. The number of aliphatic hydroxyl groups is 1. The molecule has 2 amide bonds. The molecule has 46 heavy (non-hydrogen) atoms. The number of carbonyl (C=O) groups excluding carboxylic acids is 2. The molecule has 1 aliphatic rings. The number of hydrogen-bond donors (Lipinski definition) is 1. The van der Waals surface area contributed by atoms with E-state index in [1.165, 1.54) is 11.0 Å². The molecular weight excluding hydrogens is 608 g/mol. The largest absolute Gasteiger partial charge is 0.492 e. The second kappa shape index (κ2) is 15.6. The van der Waals surface area contributed by atoms with Gasteiger partial charge in [-0.25, -0.2) is 13.2 Å². The lowest BCUT2D eigenvalue weighted by Crippen LogP contribution is -2.48. The van der Waals surface area contributed by atoms with E-state index in [-0.39, 0.29) is 31.4 Å². The second-order valence-corrected chi connectivity index (χ2v) is 14.2. The normalized spacial score (nSPS) is 14.7. The number of sulfonamides is 1. The van der Waals surface area contributed by atoms with E-state index in [2.05, 4.69) is 0 Å². The average Bonchev–Trinajstić information content (AvgIpc) is 3.04. The monoisotopic (exact) mass is 652 g/mol. The minimum atomic E-state index is -4.06. The van der Waals surface area contributed by atoms with Gasteiger partial charge in [0.2, 0.25) is 0 Å². The molecule has 248 valence electrons. The zero-order valence-corrected chi connectivity index (χ0v) is 27.7. The molecule has 0 aromatic heterocycles. The Kier molecular flexibility index (Phi) is 11.8. The van der Waals surface area contributed by atoms with E-state index < -0.39 is 33.7 Å². The molecule has 0 aliphatic heterocycles. The van der Waals surface area contributed by atoms with Crippen LogP contribution < -0.4 is 4.74 Å². The van der Waals surface area contributed by atoms with Gasteiger partial charge in [0.15, 0.2) is 0 Å². The van der Waals surface area contributed by atoms with Crippen molar-refractivity contribution in [1.82, 2.24) is 9.37 Å². The third-order valence-electron chi connectivity index (χ3n) is 7.73. The smallest absolute Gasteiger partial charge is 0.410 e. The quantitative estimate of drug-likeness (QED) is 0.224. The van der Waals surface area contributed by atoms with E-state index >= 15 is 0 Å². The summed E-state index contributed by atoms with van der Waals surface area (Å²) in [7, 11) is -4.06. The summed E-state index contributed by atoms with van der Waals surface area (Å²) in [4.78, 5) is 34.3. The second-order valence-electron chi connectivity index (χ2n) is 12.4. The van der Waals surface area contributed by atoms with Gasteiger partial charge >= 0.3 is 6.09 Å². The fraction of sp³-hybridized carbons (Fsp3) is 0.429. The van der Waals surface area contributed by atoms with Crippen molar-refractivity contribution in [1.29, 1.82) is 0 Å². The van der Waals surface area contributed by atoms with Gasteiger partial charge in [0, 0.05) is 5.54 Å². The Morgan fingerprint density at radius 3 is 2.17 bits per heavy atom. The van der Waals surface area contributed by atoms with E-state index in [1.807, 2.05) is 57.2 Å². The average molecular weight is 653 g/mol. The topological polar surface area (TPSA) is 123 Å². The Bertz CT molecular complexity index is 1550. The molecule has 1 N–H and O–H groups in total. The van der Waals surface area contributed by atoms with Crippen molar-refractivity contribution < 1.29 is 37.4 Å². The maximum absolute atomic E-state index is 13.9. The van der Waals surface area contributed by atoms with Crippen LogP contribution in [0.1, 0.15) is 74.9 Å². The first-order valence-corrected chi connectivity index (χ1v) is 17.4. The number of rotatable bonds is 12. The fourth-order valence-corrected chi connectivity index (χ4v) is 5.97. The minimum Gasteiger partial charge on any atom is -0.492 e. The molecule has 1 atom stereocenters. The molecule has 1 saturated carbocycles. The van der Waals surface area contributed by atoms with Crippen LogP contribution in [0, 0.1) is 0 Å². The molecule has 3 aromatic rings. The van der Waals surface area contributed by atoms with E-state index in [0.29, 0.717) is 34.2 Å². The number of hydrogen-bond acceptors (Lipinski definition) is 8. The van der Waals surface area contributed by atoms with E-state index in [1.54, 1.807) is 36.4 Å². The Hall–Kier alpha value is -3.93. The van der Waals surface area contributed by atoms with E-state index in [0.717, 1.165) is 31.1 Å². The highest BCUT2D eigenvalue weighted by molar-refractivity contribution is 7.88. The Morgan fingerprint density at radius 1 is 0.935 bits per heavy atom. The molecule has 1 fully saturated rings. The fourth-order valence-electron chi connectivity index (χ4n) is 5.30. The molecular formula is C35H44N2O8S. The van der Waals surface area contributed by atoms with Crippen LogP contribution in [0.15, 0.2) is 78.9 Å². The number of ether oxygens (including phenoxy) is 2. The molecule has 0 bridgehead atoms. The summed E-state index contributed by atoms with van der Waals surface area (Å²) in [6.07, 6.45) is 3.21. The third kappa shape index (κ3) is 9.54. The van der Waals surface area contributed by atoms with Crippen LogP contribution in [-0.4, -0.2) is 72.6 Å². The molecule has 0 saturated heterocycles. The molecule has 0 unspecified atom stereocenters. The number of hydroxylamine groups is 1. The summed E-state index contributed by atoms with van der Waals surface area (Å²) in [6, 6.07) is 23.0. The Balaban J connectivity index is 1.51. The van der Waals surface area contributed by atoms with Gasteiger partial charge in [0.25, 0.3) is 15.9 Å². The maximum Gasteiger partial charge on any atom is 0.410 e. The van der Waals surface area contributed by atoms with Crippen LogP contribution >= 0.6 is 0 Å². The lowest BCUT2D eigenvalue weighted by molar-refractivity contribution is -0.116. The van der Waals surface area contributed by atoms with Crippen LogP contribution in [-0.2, 0) is 19.6 Å². The van der Waals surface area contributed by atoms with Crippen LogP contribution in [0.3, 0.4) is 0 Å². The number of carbonyl (C=O) groups is 2. The van der Waals surface area contributed by atoms with Crippen molar-refractivity contribution in [2.45, 2.75) is 70.6 Å². The SMILES string of the molecule is CC(C)(C)N(CCOc1ccc(-c2ccccc2)c(C(=O)N(OC2CCCCC2)S(C)(=O)=O)c1)C(=O)OC[C@H](O)c1ccccc1. The molecule has 10 nitrogen and oxygen atoms in total. The third-order valence-corrected chi connectivity index (χ3v) is 8.59. The zero-order valence-electron chi connectivity index (χ0n) is 26.9. The molecule has 3 aromatic carbocycles. The van der Waals surface area contributed by atoms with Gasteiger partial charge in [-0.2, -0.15) is 0 Å². The predicted octanol–water partition coefficient (Wildman–Crippen LogP) is 6.37. The van der Waals surface area contributed by atoms with E-state index in [4.69, 9.17) is 14.3 Å². The van der Waals surface area contributed by atoms with Gasteiger partial charge in [-0.15, -0.1) is 4.47 Å². The number of nitrogens with zero attached hydrogens (tertiary/aromatic N) is 2. The Labute approximate surface area is 271 Å². The van der Waals surface area contributed by atoms with Gasteiger partial charge < -0.3 is 14.6 Å². The van der Waals surface area contributed by atoms with Crippen LogP contribution in [0.4, 0.5) is 4.79 Å². The number of aliphatic hydroxyl groups excluding tert-OH is 1. The lowest BCUT2D eigenvalue weighted by Gasteiger charge is -2.34. The van der Waals surface area contributed by atoms with Crippen LogP contribution in [0.5, 0.6) is 5.75 Å². The van der Waals surface area contributed by atoms with Crippen molar-refractivity contribution >= 4 is 22.0 Å². The van der Waals surface area contributed by atoms with Gasteiger partial charge in [-0.3, -0.25) is 14.5 Å². The lowest BCUT2D eigenvalue weighted by atomic mass is 9.98. The van der Waals surface area contributed by atoms with Gasteiger partial charge in [-0.05, 0) is 68.5 Å². The first-order chi connectivity index (χ1) is 21.8. The molecule has 0 spiro atoms. The molecule has 4 rings (SSSR count). The predicted molar refractivity (Wildman–Crippen MR) is 176 cm³/mol. The van der Waals surface area contributed by atoms with Crippen molar-refractivity contribution in [3.63, 3.8) is 0 Å². The standard InChI is InChI=1S/C35H44N2O8S/c1-35(2,3)36(34(40)44-25-32(38)27-16-10-6-11-17-27)22-23-43-29-20-21-30(26-14-8-5-9-15-26)31(24-29)33(39)37(46(4,41)42)45-28-18-12-7-13-19-28/h5-6,8-11,14-17,20-21,24,28,32,38H,7,12-13,18-19,22-23,25H2,1-4H3/t32-/m0/s1. The highest BCUT2D eigenvalue weighted by Gasteiger charge is 2.32. The summed E-state index contributed by atoms with van der Waals surface area (Å²) in [5.74, 6) is -0.495. The van der Waals surface area contributed by atoms with Gasteiger partial charge in [-0.1, -0.05) is 79.9 Å². The maximum atomic E-state index is 13.9. The number of amides is 2. The summed E-state index contributed by atoms with van der Waals surface area (Å²) in [6.45, 7) is 5.58. The van der Waals surface area contributed by atoms with Crippen molar-refractivity contribution in [3.05, 3.63) is 90.0 Å². The van der Waals surface area contributed by atoms with Crippen molar-refractivity contribution in [2.75, 3.05) is 26.0 Å². The molecule has 1 aliphatic carbocycles.